The van der Waals surface area contributed by atoms with Crippen LogP contribution in [0.3, 0.4) is 0 Å². The number of ether oxygens (including phenoxy) is 3. The lowest BCUT2D eigenvalue weighted by molar-refractivity contribution is -0.127. The van der Waals surface area contributed by atoms with E-state index in [1.807, 2.05) is 42.5 Å². The van der Waals surface area contributed by atoms with Crippen LogP contribution in [-0.2, 0) is 16.8 Å². The van der Waals surface area contributed by atoms with Crippen LogP contribution in [0.2, 0.25) is 0 Å². The molecule has 0 heterocycles. The van der Waals surface area contributed by atoms with Crippen molar-refractivity contribution in [2.45, 2.75) is 45.8 Å². The fraction of sp³-hybridized carbons (Fsp3) is 0.409. The zero-order chi connectivity index (χ0) is 20.0. The lowest BCUT2D eigenvalue weighted by Crippen LogP contribution is -2.35. The first-order valence-corrected chi connectivity index (χ1v) is 9.00. The first kappa shape index (κ1) is 20.6. The van der Waals surface area contributed by atoms with Crippen LogP contribution in [0, 0.1) is 0 Å². The second kappa shape index (κ2) is 8.80. The molecule has 0 saturated heterocycles. The van der Waals surface area contributed by atoms with Gasteiger partial charge < -0.3 is 19.5 Å². The second-order valence-corrected chi connectivity index (χ2v) is 7.44. The van der Waals surface area contributed by atoms with Crippen molar-refractivity contribution in [3.63, 3.8) is 0 Å². The molecule has 1 amide bonds. The molecule has 0 aromatic heterocycles. The molecule has 0 aliphatic carbocycles. The van der Waals surface area contributed by atoms with Gasteiger partial charge in [-0.25, -0.2) is 0 Å². The summed E-state index contributed by atoms with van der Waals surface area (Å²) in [5.41, 5.74) is 2.23. The molecule has 1 atom stereocenters. The van der Waals surface area contributed by atoms with Gasteiger partial charge in [-0.15, -0.1) is 0 Å². The summed E-state index contributed by atoms with van der Waals surface area (Å²) in [5.74, 6) is 1.79. The molecular formula is C22H29NO4. The molecule has 5 nitrogen and oxygen atoms in total. The summed E-state index contributed by atoms with van der Waals surface area (Å²) in [6.07, 6.45) is -0.592. The van der Waals surface area contributed by atoms with E-state index in [2.05, 4.69) is 26.1 Å². The van der Waals surface area contributed by atoms with Crippen molar-refractivity contribution in [1.29, 1.82) is 0 Å². The van der Waals surface area contributed by atoms with Crippen molar-refractivity contribution in [3.05, 3.63) is 53.6 Å². The first-order valence-electron chi connectivity index (χ1n) is 9.00. The Morgan fingerprint density at radius 3 is 2.19 bits per heavy atom. The third-order valence-corrected chi connectivity index (χ3v) is 4.32. The van der Waals surface area contributed by atoms with Crippen LogP contribution in [0.1, 0.15) is 38.8 Å². The second-order valence-electron chi connectivity index (χ2n) is 7.44. The molecule has 5 heteroatoms. The van der Waals surface area contributed by atoms with Crippen molar-refractivity contribution in [2.75, 3.05) is 14.2 Å². The van der Waals surface area contributed by atoms with Crippen molar-refractivity contribution in [2.24, 2.45) is 0 Å². The van der Waals surface area contributed by atoms with Gasteiger partial charge in [0.05, 0.1) is 14.2 Å². The van der Waals surface area contributed by atoms with E-state index in [0.717, 1.165) is 5.56 Å². The van der Waals surface area contributed by atoms with E-state index >= 15 is 0 Å². The van der Waals surface area contributed by atoms with E-state index in [-0.39, 0.29) is 11.3 Å². The molecule has 2 aromatic rings. The van der Waals surface area contributed by atoms with Crippen LogP contribution >= 0.6 is 0 Å². The monoisotopic (exact) mass is 371 g/mol. The van der Waals surface area contributed by atoms with Gasteiger partial charge in [0.1, 0.15) is 5.75 Å². The number of carbonyl (C=O) groups excluding carboxylic acids is 1. The summed E-state index contributed by atoms with van der Waals surface area (Å²) in [7, 11) is 3.17. The van der Waals surface area contributed by atoms with Gasteiger partial charge in [0, 0.05) is 6.54 Å². The average Bonchev–Trinajstić information content (AvgIpc) is 2.65. The van der Waals surface area contributed by atoms with Gasteiger partial charge in [0.25, 0.3) is 5.91 Å². The van der Waals surface area contributed by atoms with Crippen molar-refractivity contribution in [1.82, 2.24) is 5.32 Å². The van der Waals surface area contributed by atoms with Crippen LogP contribution in [0.15, 0.2) is 42.5 Å². The highest BCUT2D eigenvalue weighted by Gasteiger charge is 2.16. The summed E-state index contributed by atoms with van der Waals surface area (Å²) in [4.78, 5) is 12.3. The normalized spacial score (nSPS) is 12.2. The Morgan fingerprint density at radius 1 is 1.00 bits per heavy atom. The Hall–Kier alpha value is -2.69. The highest BCUT2D eigenvalue weighted by atomic mass is 16.5. The minimum absolute atomic E-state index is 0.0843. The van der Waals surface area contributed by atoms with Gasteiger partial charge in [-0.05, 0) is 47.7 Å². The maximum absolute atomic E-state index is 12.3. The third kappa shape index (κ3) is 5.64. The summed E-state index contributed by atoms with van der Waals surface area (Å²) in [6, 6.07) is 13.4. The first-order chi connectivity index (χ1) is 12.7. The van der Waals surface area contributed by atoms with E-state index in [4.69, 9.17) is 14.2 Å². The van der Waals surface area contributed by atoms with Crippen LogP contribution < -0.4 is 19.5 Å². The lowest BCUT2D eigenvalue weighted by Gasteiger charge is -2.20. The van der Waals surface area contributed by atoms with E-state index < -0.39 is 6.10 Å². The summed E-state index contributed by atoms with van der Waals surface area (Å²) in [6.45, 7) is 8.60. The van der Waals surface area contributed by atoms with Crippen molar-refractivity contribution in [3.8, 4) is 17.2 Å². The zero-order valence-corrected chi connectivity index (χ0v) is 17.0. The highest BCUT2D eigenvalue weighted by Crippen LogP contribution is 2.27. The number of rotatable bonds is 7. The van der Waals surface area contributed by atoms with Gasteiger partial charge in [-0.3, -0.25) is 4.79 Å². The van der Waals surface area contributed by atoms with Crippen molar-refractivity contribution >= 4 is 5.91 Å². The SMILES string of the molecule is COc1ccc(CNC(=O)C(C)Oc2ccc(C(C)(C)C)cc2)cc1OC. The molecule has 0 saturated carbocycles. The fourth-order valence-electron chi connectivity index (χ4n) is 2.61. The Balaban J connectivity index is 1.92. The molecule has 1 N–H and O–H groups in total. The summed E-state index contributed by atoms with van der Waals surface area (Å²) in [5, 5.41) is 2.88. The molecule has 0 radical (unpaired) electrons. The van der Waals surface area contributed by atoms with E-state index in [1.54, 1.807) is 21.1 Å². The number of hydrogen-bond acceptors (Lipinski definition) is 4. The molecule has 2 rings (SSSR count). The smallest absolute Gasteiger partial charge is 0.261 e. The third-order valence-electron chi connectivity index (χ3n) is 4.32. The van der Waals surface area contributed by atoms with Crippen LogP contribution in [0.4, 0.5) is 0 Å². The molecule has 0 aliphatic rings. The zero-order valence-electron chi connectivity index (χ0n) is 17.0. The summed E-state index contributed by atoms with van der Waals surface area (Å²) < 4.78 is 16.3. The molecule has 2 aromatic carbocycles. The molecule has 146 valence electrons. The predicted octanol–water partition coefficient (Wildman–Crippen LogP) is 4.09. The number of amides is 1. The van der Waals surface area contributed by atoms with E-state index in [0.29, 0.717) is 23.8 Å². The quantitative estimate of drug-likeness (QED) is 0.797. The topological polar surface area (TPSA) is 56.8 Å². The summed E-state index contributed by atoms with van der Waals surface area (Å²) >= 11 is 0. The fourth-order valence-corrected chi connectivity index (χ4v) is 2.61. The highest BCUT2D eigenvalue weighted by molar-refractivity contribution is 5.80. The predicted molar refractivity (Wildman–Crippen MR) is 107 cm³/mol. The molecule has 27 heavy (non-hydrogen) atoms. The standard InChI is InChI=1S/C22H29NO4/c1-15(27-18-10-8-17(9-11-18)22(2,3)4)21(24)23-14-16-7-12-19(25-5)20(13-16)26-6/h7-13,15H,14H2,1-6H3,(H,23,24). The van der Waals surface area contributed by atoms with Gasteiger partial charge in [0.15, 0.2) is 17.6 Å². The molecule has 0 bridgehead atoms. The molecule has 0 fully saturated rings. The van der Waals surface area contributed by atoms with E-state index in [1.165, 1.54) is 5.56 Å². The lowest BCUT2D eigenvalue weighted by atomic mass is 9.87. The van der Waals surface area contributed by atoms with Gasteiger partial charge >= 0.3 is 0 Å². The van der Waals surface area contributed by atoms with Gasteiger partial charge in [-0.1, -0.05) is 39.0 Å². The van der Waals surface area contributed by atoms with Crippen LogP contribution in [-0.4, -0.2) is 26.2 Å². The Labute approximate surface area is 161 Å². The Morgan fingerprint density at radius 2 is 1.63 bits per heavy atom. The van der Waals surface area contributed by atoms with Crippen LogP contribution in [0.5, 0.6) is 17.2 Å². The van der Waals surface area contributed by atoms with Gasteiger partial charge in [-0.2, -0.15) is 0 Å². The number of carbonyl (C=O) groups is 1. The average molecular weight is 371 g/mol. The van der Waals surface area contributed by atoms with Gasteiger partial charge in [0.2, 0.25) is 0 Å². The maximum Gasteiger partial charge on any atom is 0.261 e. The molecule has 1 unspecified atom stereocenters. The minimum Gasteiger partial charge on any atom is -0.493 e. The number of nitrogens with one attached hydrogen (secondary N) is 1. The Bertz CT molecular complexity index is 763. The van der Waals surface area contributed by atoms with Crippen LogP contribution in [0.25, 0.3) is 0 Å². The van der Waals surface area contributed by atoms with Crippen molar-refractivity contribution < 1.29 is 19.0 Å². The molecule has 0 aliphatic heterocycles. The number of benzene rings is 2. The number of hydrogen-bond donors (Lipinski definition) is 1. The molecular weight excluding hydrogens is 342 g/mol. The largest absolute Gasteiger partial charge is 0.493 e. The Kier molecular flexibility index (Phi) is 6.72. The minimum atomic E-state index is -0.592. The van der Waals surface area contributed by atoms with E-state index in [9.17, 15) is 4.79 Å². The maximum atomic E-state index is 12.3. The number of methoxy groups -OCH3 is 2. The molecule has 0 spiro atoms.